The zero-order valence-corrected chi connectivity index (χ0v) is 16.4. The van der Waals surface area contributed by atoms with E-state index in [0.717, 1.165) is 53.6 Å². The molecule has 7 nitrogen and oxygen atoms in total. The number of carbonyl (C=O) groups is 1. The minimum Gasteiger partial charge on any atom is -0.361 e. The number of amides is 1. The molecule has 3 aromatic heterocycles. The second-order valence-electron chi connectivity index (χ2n) is 6.96. The summed E-state index contributed by atoms with van der Waals surface area (Å²) < 4.78 is 7.22. The molecule has 1 aliphatic rings. The Bertz CT molecular complexity index is 931. The van der Waals surface area contributed by atoms with Crippen LogP contribution in [-0.2, 0) is 10.5 Å². The number of carbonyl (C=O) groups excluding carboxylic acids is 1. The van der Waals surface area contributed by atoms with Crippen LogP contribution in [0.5, 0.6) is 0 Å². The summed E-state index contributed by atoms with van der Waals surface area (Å²) in [6.45, 7) is 5.38. The lowest BCUT2D eigenvalue weighted by atomic mass is 9.97. The molecule has 3 aromatic rings. The highest BCUT2D eigenvalue weighted by Gasteiger charge is 2.27. The van der Waals surface area contributed by atoms with Crippen LogP contribution in [-0.4, -0.2) is 49.4 Å². The Balaban J connectivity index is 1.37. The second kappa shape index (κ2) is 7.72. The van der Waals surface area contributed by atoms with Gasteiger partial charge in [0.15, 0.2) is 5.65 Å². The molecule has 0 aliphatic carbocycles. The van der Waals surface area contributed by atoms with E-state index in [9.17, 15) is 4.79 Å². The van der Waals surface area contributed by atoms with E-state index >= 15 is 0 Å². The third-order valence-electron chi connectivity index (χ3n) is 5.13. The minimum atomic E-state index is 0.185. The van der Waals surface area contributed by atoms with Crippen molar-refractivity contribution in [3.8, 4) is 0 Å². The predicted molar refractivity (Wildman–Crippen MR) is 104 cm³/mol. The van der Waals surface area contributed by atoms with Crippen molar-refractivity contribution >= 4 is 23.3 Å². The Hall–Kier alpha value is -2.35. The van der Waals surface area contributed by atoms with E-state index in [2.05, 4.69) is 15.4 Å². The van der Waals surface area contributed by atoms with E-state index < -0.39 is 0 Å². The molecule has 0 aromatic carbocycles. The number of aromatic nitrogens is 4. The molecular formula is C19H23N5O2S. The Morgan fingerprint density at radius 1 is 1.33 bits per heavy atom. The third-order valence-corrected chi connectivity index (χ3v) is 6.08. The van der Waals surface area contributed by atoms with E-state index in [1.54, 1.807) is 11.8 Å². The van der Waals surface area contributed by atoms with Gasteiger partial charge in [-0.3, -0.25) is 9.20 Å². The first-order valence-electron chi connectivity index (χ1n) is 9.20. The number of hydrogen-bond donors (Lipinski definition) is 0. The van der Waals surface area contributed by atoms with Gasteiger partial charge in [0.1, 0.15) is 11.6 Å². The number of hydrogen-bond acceptors (Lipinski definition) is 6. The summed E-state index contributed by atoms with van der Waals surface area (Å²) in [5.41, 5.74) is 2.86. The zero-order valence-electron chi connectivity index (χ0n) is 15.6. The maximum atomic E-state index is 12.7. The van der Waals surface area contributed by atoms with Gasteiger partial charge in [-0.2, -0.15) is 0 Å². The molecule has 0 radical (unpaired) electrons. The van der Waals surface area contributed by atoms with Gasteiger partial charge in [0, 0.05) is 36.5 Å². The molecule has 0 bridgehead atoms. The fraction of sp³-hybridized carbons (Fsp3) is 0.474. The lowest BCUT2D eigenvalue weighted by molar-refractivity contribution is -0.129. The average molecular weight is 385 g/mol. The fourth-order valence-corrected chi connectivity index (χ4v) is 4.67. The molecule has 1 atom stereocenters. The van der Waals surface area contributed by atoms with Crippen molar-refractivity contribution in [2.45, 2.75) is 38.4 Å². The van der Waals surface area contributed by atoms with Gasteiger partial charge in [-0.15, -0.1) is 22.0 Å². The van der Waals surface area contributed by atoms with Crippen LogP contribution in [0.1, 0.15) is 41.6 Å². The highest BCUT2D eigenvalue weighted by atomic mass is 32.2. The molecule has 8 heteroatoms. The highest BCUT2D eigenvalue weighted by molar-refractivity contribution is 7.99. The summed E-state index contributed by atoms with van der Waals surface area (Å²) in [5.74, 6) is 3.42. The van der Waals surface area contributed by atoms with Gasteiger partial charge in [0.25, 0.3) is 0 Å². The summed E-state index contributed by atoms with van der Waals surface area (Å²) in [6.07, 6.45) is 4.02. The van der Waals surface area contributed by atoms with E-state index in [1.807, 2.05) is 47.5 Å². The van der Waals surface area contributed by atoms with Gasteiger partial charge in [0.05, 0.1) is 11.4 Å². The van der Waals surface area contributed by atoms with Crippen LogP contribution in [0, 0.1) is 13.8 Å². The molecule has 27 heavy (non-hydrogen) atoms. The van der Waals surface area contributed by atoms with Crippen LogP contribution in [0.15, 0.2) is 28.9 Å². The summed E-state index contributed by atoms with van der Waals surface area (Å²) in [6, 6.07) is 5.89. The second-order valence-corrected chi connectivity index (χ2v) is 7.95. The van der Waals surface area contributed by atoms with Crippen LogP contribution < -0.4 is 0 Å². The number of thioether (sulfide) groups is 1. The maximum Gasteiger partial charge on any atom is 0.232 e. The standard InChI is InChI=1S/C19H23N5O2S/c1-13-16(14(2)26-22-13)11-27-12-18(25)23-8-5-6-15(10-23)19-21-20-17-7-3-4-9-24(17)19/h3-4,7,9,15H,5-6,8,10-12H2,1-2H3. The van der Waals surface area contributed by atoms with Gasteiger partial charge in [-0.05, 0) is 38.8 Å². The Morgan fingerprint density at radius 2 is 2.22 bits per heavy atom. The summed E-state index contributed by atoms with van der Waals surface area (Å²) in [5, 5.41) is 12.6. The number of piperidine rings is 1. The monoisotopic (exact) mass is 385 g/mol. The first kappa shape index (κ1) is 18.0. The normalized spacial score (nSPS) is 17.6. The zero-order chi connectivity index (χ0) is 18.8. The number of nitrogens with zero attached hydrogens (tertiary/aromatic N) is 5. The molecule has 0 spiro atoms. The van der Waals surface area contributed by atoms with Crippen LogP contribution in [0.3, 0.4) is 0 Å². The number of likely N-dealkylation sites (tertiary alicyclic amines) is 1. The van der Waals surface area contributed by atoms with Crippen molar-refractivity contribution in [3.63, 3.8) is 0 Å². The fourth-order valence-electron chi connectivity index (χ4n) is 3.59. The van der Waals surface area contributed by atoms with Crippen LogP contribution in [0.2, 0.25) is 0 Å². The van der Waals surface area contributed by atoms with E-state index in [0.29, 0.717) is 12.3 Å². The van der Waals surface area contributed by atoms with Gasteiger partial charge in [0.2, 0.25) is 5.91 Å². The summed E-state index contributed by atoms with van der Waals surface area (Å²) in [4.78, 5) is 14.7. The number of fused-ring (bicyclic) bond motifs is 1. The lowest BCUT2D eigenvalue weighted by Crippen LogP contribution is -2.40. The molecule has 1 unspecified atom stereocenters. The smallest absolute Gasteiger partial charge is 0.232 e. The van der Waals surface area contributed by atoms with Gasteiger partial charge in [-0.25, -0.2) is 0 Å². The van der Waals surface area contributed by atoms with Gasteiger partial charge < -0.3 is 9.42 Å². The molecule has 1 aliphatic heterocycles. The Labute approximate surface area is 162 Å². The molecule has 1 amide bonds. The van der Waals surface area contributed by atoms with Crippen molar-refractivity contribution in [1.29, 1.82) is 0 Å². The average Bonchev–Trinajstić information content (AvgIpc) is 3.26. The molecule has 0 saturated carbocycles. The van der Waals surface area contributed by atoms with E-state index in [1.165, 1.54) is 0 Å². The predicted octanol–water partition coefficient (Wildman–Crippen LogP) is 2.97. The van der Waals surface area contributed by atoms with Crippen molar-refractivity contribution < 1.29 is 9.32 Å². The van der Waals surface area contributed by atoms with Gasteiger partial charge >= 0.3 is 0 Å². The molecule has 4 heterocycles. The summed E-state index contributed by atoms with van der Waals surface area (Å²) >= 11 is 1.62. The number of aryl methyl sites for hydroxylation is 2. The van der Waals surface area contributed by atoms with Crippen LogP contribution in [0.25, 0.3) is 5.65 Å². The van der Waals surface area contributed by atoms with Crippen LogP contribution in [0.4, 0.5) is 0 Å². The van der Waals surface area contributed by atoms with Crippen molar-refractivity contribution in [3.05, 3.63) is 47.2 Å². The van der Waals surface area contributed by atoms with Crippen molar-refractivity contribution in [2.24, 2.45) is 0 Å². The molecule has 1 saturated heterocycles. The van der Waals surface area contributed by atoms with E-state index in [-0.39, 0.29) is 11.8 Å². The number of pyridine rings is 1. The van der Waals surface area contributed by atoms with E-state index in [4.69, 9.17) is 4.52 Å². The first-order valence-corrected chi connectivity index (χ1v) is 10.4. The number of rotatable bonds is 5. The minimum absolute atomic E-state index is 0.185. The van der Waals surface area contributed by atoms with Crippen LogP contribution >= 0.6 is 11.8 Å². The first-order chi connectivity index (χ1) is 13.1. The summed E-state index contributed by atoms with van der Waals surface area (Å²) in [7, 11) is 0. The maximum absolute atomic E-state index is 12.7. The quantitative estimate of drug-likeness (QED) is 0.672. The molecule has 142 valence electrons. The Kier molecular flexibility index (Phi) is 5.15. The SMILES string of the molecule is Cc1noc(C)c1CSCC(=O)N1CCCC(c2nnc3ccccn23)C1. The van der Waals surface area contributed by atoms with Crippen molar-refractivity contribution in [2.75, 3.05) is 18.8 Å². The van der Waals surface area contributed by atoms with Gasteiger partial charge in [-0.1, -0.05) is 11.2 Å². The largest absolute Gasteiger partial charge is 0.361 e. The lowest BCUT2D eigenvalue weighted by Gasteiger charge is -2.32. The topological polar surface area (TPSA) is 76.5 Å². The van der Waals surface area contributed by atoms with Crippen molar-refractivity contribution in [1.82, 2.24) is 24.7 Å². The molecule has 1 fully saturated rings. The molecular weight excluding hydrogens is 362 g/mol. The highest BCUT2D eigenvalue weighted by Crippen LogP contribution is 2.27. The Morgan fingerprint density at radius 3 is 3.04 bits per heavy atom. The molecule has 4 rings (SSSR count). The third kappa shape index (κ3) is 3.71. The molecule has 0 N–H and O–H groups in total.